The Kier molecular flexibility index (Phi) is 4.61. The standard InChI is InChI=1S/C19H25N3O3/c23-15-7-5-14(6-8-15)20-18(24)13-9-11-22(12-10-13)19-21-16-3-1-2-4-17(16)25-19/h1-4,13-15,23H,5-12H2,(H,20,24). The number of nitrogens with zero attached hydrogens (tertiary/aromatic N) is 2. The summed E-state index contributed by atoms with van der Waals surface area (Å²) < 4.78 is 5.83. The molecular formula is C19H25N3O3. The fourth-order valence-electron chi connectivity index (χ4n) is 3.87. The smallest absolute Gasteiger partial charge is 0.298 e. The Balaban J connectivity index is 1.31. The number of fused-ring (bicyclic) bond motifs is 1. The molecule has 1 aliphatic heterocycles. The highest BCUT2D eigenvalue weighted by atomic mass is 16.4. The van der Waals surface area contributed by atoms with Crippen LogP contribution in [0.15, 0.2) is 28.7 Å². The van der Waals surface area contributed by atoms with Crippen molar-refractivity contribution < 1.29 is 14.3 Å². The number of aliphatic hydroxyl groups excluding tert-OH is 1. The van der Waals surface area contributed by atoms with Gasteiger partial charge in [0.1, 0.15) is 5.52 Å². The summed E-state index contributed by atoms with van der Waals surface area (Å²) in [5.41, 5.74) is 1.67. The number of carbonyl (C=O) groups is 1. The molecule has 6 nitrogen and oxygen atoms in total. The van der Waals surface area contributed by atoms with E-state index in [2.05, 4.69) is 15.2 Å². The lowest BCUT2D eigenvalue weighted by molar-refractivity contribution is -0.126. The minimum absolute atomic E-state index is 0.0625. The van der Waals surface area contributed by atoms with Crippen molar-refractivity contribution in [2.75, 3.05) is 18.0 Å². The van der Waals surface area contributed by atoms with E-state index in [9.17, 15) is 9.90 Å². The molecule has 0 unspecified atom stereocenters. The third-order valence-corrected chi connectivity index (χ3v) is 5.46. The van der Waals surface area contributed by atoms with Gasteiger partial charge in [-0.05, 0) is 50.7 Å². The number of oxazole rings is 1. The van der Waals surface area contributed by atoms with E-state index in [1.165, 1.54) is 0 Å². The van der Waals surface area contributed by atoms with Crippen molar-refractivity contribution >= 4 is 23.0 Å². The number of hydrogen-bond acceptors (Lipinski definition) is 5. The van der Waals surface area contributed by atoms with Gasteiger partial charge in [-0.2, -0.15) is 4.98 Å². The molecule has 1 aromatic carbocycles. The molecule has 1 saturated heterocycles. The second kappa shape index (κ2) is 7.04. The Morgan fingerprint density at radius 3 is 2.56 bits per heavy atom. The predicted molar refractivity (Wildman–Crippen MR) is 95.4 cm³/mol. The Morgan fingerprint density at radius 2 is 1.84 bits per heavy atom. The van der Waals surface area contributed by atoms with E-state index >= 15 is 0 Å². The second-order valence-electron chi connectivity index (χ2n) is 7.24. The van der Waals surface area contributed by atoms with Crippen LogP contribution >= 0.6 is 0 Å². The number of para-hydroxylation sites is 2. The predicted octanol–water partition coefficient (Wildman–Crippen LogP) is 2.46. The molecule has 2 heterocycles. The van der Waals surface area contributed by atoms with Crippen LogP contribution in [0.2, 0.25) is 0 Å². The Morgan fingerprint density at radius 1 is 1.12 bits per heavy atom. The van der Waals surface area contributed by atoms with Crippen molar-refractivity contribution in [3.05, 3.63) is 24.3 Å². The van der Waals surface area contributed by atoms with E-state index in [-0.39, 0.29) is 24.0 Å². The summed E-state index contributed by atoms with van der Waals surface area (Å²) in [6, 6.07) is 8.65. The zero-order chi connectivity index (χ0) is 17.2. The summed E-state index contributed by atoms with van der Waals surface area (Å²) in [5.74, 6) is 0.228. The normalized spacial score (nSPS) is 25.2. The first-order valence-corrected chi connectivity index (χ1v) is 9.28. The highest BCUT2D eigenvalue weighted by molar-refractivity contribution is 5.79. The number of anilines is 1. The van der Waals surface area contributed by atoms with Gasteiger partial charge in [0, 0.05) is 25.0 Å². The van der Waals surface area contributed by atoms with Crippen molar-refractivity contribution in [1.29, 1.82) is 0 Å². The number of hydrogen-bond donors (Lipinski definition) is 2. The van der Waals surface area contributed by atoms with Crippen molar-refractivity contribution in [2.24, 2.45) is 5.92 Å². The minimum Gasteiger partial charge on any atom is -0.423 e. The maximum absolute atomic E-state index is 12.5. The average molecular weight is 343 g/mol. The van der Waals surface area contributed by atoms with Gasteiger partial charge in [0.2, 0.25) is 5.91 Å². The van der Waals surface area contributed by atoms with Gasteiger partial charge in [-0.15, -0.1) is 0 Å². The van der Waals surface area contributed by atoms with E-state index in [4.69, 9.17) is 4.42 Å². The maximum atomic E-state index is 12.5. The zero-order valence-electron chi connectivity index (χ0n) is 14.4. The second-order valence-corrected chi connectivity index (χ2v) is 7.24. The quantitative estimate of drug-likeness (QED) is 0.895. The molecule has 0 spiro atoms. The number of amides is 1. The maximum Gasteiger partial charge on any atom is 0.298 e. The summed E-state index contributed by atoms with van der Waals surface area (Å²) in [6.45, 7) is 1.57. The molecule has 0 atom stereocenters. The third-order valence-electron chi connectivity index (χ3n) is 5.46. The summed E-state index contributed by atoms with van der Waals surface area (Å²) >= 11 is 0. The highest BCUT2D eigenvalue weighted by Crippen LogP contribution is 2.27. The third kappa shape index (κ3) is 3.63. The van der Waals surface area contributed by atoms with Crippen LogP contribution in [-0.4, -0.2) is 41.2 Å². The first-order valence-electron chi connectivity index (χ1n) is 9.28. The summed E-state index contributed by atoms with van der Waals surface area (Å²) in [7, 11) is 0. The molecular weight excluding hydrogens is 318 g/mol. The number of benzene rings is 1. The van der Waals surface area contributed by atoms with Crippen molar-refractivity contribution in [3.63, 3.8) is 0 Å². The van der Waals surface area contributed by atoms with Crippen molar-refractivity contribution in [2.45, 2.75) is 50.7 Å². The minimum atomic E-state index is -0.187. The lowest BCUT2D eigenvalue weighted by atomic mass is 9.91. The van der Waals surface area contributed by atoms with Crippen LogP contribution in [0.5, 0.6) is 0 Å². The highest BCUT2D eigenvalue weighted by Gasteiger charge is 2.29. The van der Waals surface area contributed by atoms with Crippen LogP contribution in [0.3, 0.4) is 0 Å². The fourth-order valence-corrected chi connectivity index (χ4v) is 3.87. The van der Waals surface area contributed by atoms with E-state index in [0.29, 0.717) is 6.01 Å². The van der Waals surface area contributed by atoms with Gasteiger partial charge in [0.15, 0.2) is 5.58 Å². The first-order chi connectivity index (χ1) is 12.2. The van der Waals surface area contributed by atoms with Gasteiger partial charge in [-0.3, -0.25) is 4.79 Å². The Bertz CT molecular complexity index is 695. The molecule has 1 aliphatic carbocycles. The largest absolute Gasteiger partial charge is 0.423 e. The Labute approximate surface area is 147 Å². The Hall–Kier alpha value is -2.08. The van der Waals surface area contributed by atoms with Gasteiger partial charge < -0.3 is 19.7 Å². The number of carbonyl (C=O) groups excluding carboxylic acids is 1. The van der Waals surface area contributed by atoms with Crippen molar-refractivity contribution in [3.8, 4) is 0 Å². The molecule has 0 radical (unpaired) electrons. The van der Waals surface area contributed by atoms with E-state index in [0.717, 1.165) is 62.7 Å². The molecule has 2 fully saturated rings. The molecule has 2 aliphatic rings. The first kappa shape index (κ1) is 16.4. The summed E-state index contributed by atoms with van der Waals surface area (Å²) in [6.07, 6.45) is 4.80. The van der Waals surface area contributed by atoms with Crippen LogP contribution in [0.4, 0.5) is 6.01 Å². The monoisotopic (exact) mass is 343 g/mol. The topological polar surface area (TPSA) is 78.6 Å². The summed E-state index contributed by atoms with van der Waals surface area (Å²) in [5, 5.41) is 12.7. The van der Waals surface area contributed by atoms with Gasteiger partial charge in [-0.25, -0.2) is 0 Å². The molecule has 2 aromatic rings. The molecule has 1 amide bonds. The number of aliphatic hydroxyl groups is 1. The molecule has 1 saturated carbocycles. The molecule has 2 N–H and O–H groups in total. The SMILES string of the molecule is O=C(NC1CCC(O)CC1)C1CCN(c2nc3ccccc3o2)CC1. The van der Waals surface area contributed by atoms with E-state index < -0.39 is 0 Å². The molecule has 0 bridgehead atoms. The lowest BCUT2D eigenvalue weighted by Gasteiger charge is -2.32. The zero-order valence-corrected chi connectivity index (χ0v) is 14.4. The lowest BCUT2D eigenvalue weighted by Crippen LogP contribution is -2.45. The van der Waals surface area contributed by atoms with E-state index in [1.807, 2.05) is 24.3 Å². The van der Waals surface area contributed by atoms with Gasteiger partial charge >= 0.3 is 0 Å². The summed E-state index contributed by atoms with van der Waals surface area (Å²) in [4.78, 5) is 19.2. The van der Waals surface area contributed by atoms with Gasteiger partial charge in [0.05, 0.1) is 6.10 Å². The van der Waals surface area contributed by atoms with Crippen LogP contribution in [0.25, 0.3) is 11.1 Å². The van der Waals surface area contributed by atoms with E-state index in [1.54, 1.807) is 0 Å². The molecule has 25 heavy (non-hydrogen) atoms. The van der Waals surface area contributed by atoms with Crippen LogP contribution in [-0.2, 0) is 4.79 Å². The molecule has 4 rings (SSSR count). The van der Waals surface area contributed by atoms with Gasteiger partial charge in [-0.1, -0.05) is 12.1 Å². The molecule has 1 aromatic heterocycles. The van der Waals surface area contributed by atoms with Crippen LogP contribution in [0.1, 0.15) is 38.5 Å². The van der Waals surface area contributed by atoms with Crippen LogP contribution in [0, 0.1) is 5.92 Å². The van der Waals surface area contributed by atoms with Crippen molar-refractivity contribution in [1.82, 2.24) is 10.3 Å². The fraction of sp³-hybridized carbons (Fsp3) is 0.579. The average Bonchev–Trinajstić information content (AvgIpc) is 3.08. The van der Waals surface area contributed by atoms with Gasteiger partial charge in [0.25, 0.3) is 6.01 Å². The number of rotatable bonds is 3. The number of aromatic nitrogens is 1. The number of nitrogens with one attached hydrogen (secondary N) is 1. The molecule has 6 heteroatoms. The molecule has 134 valence electrons. The number of piperidine rings is 1. The van der Waals surface area contributed by atoms with Crippen LogP contribution < -0.4 is 10.2 Å².